The molecule has 0 aliphatic rings. The van der Waals surface area contributed by atoms with Crippen molar-refractivity contribution in [1.29, 1.82) is 0 Å². The smallest absolute Gasteiger partial charge is 0.224 e. The summed E-state index contributed by atoms with van der Waals surface area (Å²) in [7, 11) is 1.49. The van der Waals surface area contributed by atoms with Gasteiger partial charge < -0.3 is 14.8 Å². The van der Waals surface area contributed by atoms with Crippen molar-refractivity contribution in [3.05, 3.63) is 53.1 Å². The van der Waals surface area contributed by atoms with E-state index < -0.39 is 0 Å². The van der Waals surface area contributed by atoms with Crippen LogP contribution in [0.15, 0.2) is 42.5 Å². The summed E-state index contributed by atoms with van der Waals surface area (Å²) in [6.07, 6.45) is 2.22. The van der Waals surface area contributed by atoms with E-state index in [1.54, 1.807) is 30.3 Å². The first kappa shape index (κ1) is 20.8. The zero-order valence-corrected chi connectivity index (χ0v) is 16.3. The van der Waals surface area contributed by atoms with Crippen molar-refractivity contribution >= 4 is 29.0 Å². The topological polar surface area (TPSA) is 64.6 Å². The summed E-state index contributed by atoms with van der Waals surface area (Å²) in [5, 5.41) is 3.23. The average Bonchev–Trinajstić information content (AvgIpc) is 2.67. The van der Waals surface area contributed by atoms with E-state index in [0.29, 0.717) is 28.6 Å². The number of hydrogen-bond acceptors (Lipinski definition) is 4. The van der Waals surface area contributed by atoms with Crippen molar-refractivity contribution in [3.63, 3.8) is 0 Å². The number of halogens is 1. The van der Waals surface area contributed by atoms with Gasteiger partial charge >= 0.3 is 0 Å². The lowest BCUT2D eigenvalue weighted by Gasteiger charge is -2.09. The lowest BCUT2D eigenvalue weighted by atomic mass is 10.1. The Morgan fingerprint density at radius 2 is 1.81 bits per heavy atom. The number of anilines is 1. The molecular formula is C21H24ClNO4. The summed E-state index contributed by atoms with van der Waals surface area (Å²) in [5.74, 6) is 0.793. The highest BCUT2D eigenvalue weighted by Crippen LogP contribution is 2.24. The number of methoxy groups -OCH3 is 1. The first-order chi connectivity index (χ1) is 13.0. The number of carbonyl (C=O) groups excluding carboxylic acids is 2. The maximum atomic E-state index is 12.4. The van der Waals surface area contributed by atoms with Gasteiger partial charge in [-0.2, -0.15) is 0 Å². The number of nitrogens with one attached hydrogen (secondary N) is 1. The molecule has 0 heterocycles. The van der Waals surface area contributed by atoms with Crippen molar-refractivity contribution in [2.75, 3.05) is 19.0 Å². The summed E-state index contributed by atoms with van der Waals surface area (Å²) in [4.78, 5) is 24.5. The van der Waals surface area contributed by atoms with E-state index >= 15 is 0 Å². The van der Waals surface area contributed by atoms with Crippen LogP contribution in [0.5, 0.6) is 11.5 Å². The molecule has 0 fully saturated rings. The standard InChI is InChI=1S/C21H24ClNO4/c1-3-4-13-27-17-8-6-16(7-9-17)23-21(25)12-10-19(24)18-14-15(22)5-11-20(18)26-2/h5-9,11,14H,3-4,10,12-13H2,1-2H3,(H,23,25). The summed E-state index contributed by atoms with van der Waals surface area (Å²) < 4.78 is 10.8. The van der Waals surface area contributed by atoms with Crippen molar-refractivity contribution in [2.24, 2.45) is 0 Å². The second-order valence-corrected chi connectivity index (χ2v) is 6.48. The van der Waals surface area contributed by atoms with Gasteiger partial charge in [-0.15, -0.1) is 0 Å². The Bertz CT molecular complexity index is 774. The Morgan fingerprint density at radius 1 is 1.07 bits per heavy atom. The van der Waals surface area contributed by atoms with Crippen LogP contribution in [0.1, 0.15) is 43.0 Å². The fraction of sp³-hybridized carbons (Fsp3) is 0.333. The molecule has 5 nitrogen and oxygen atoms in total. The second kappa shape index (κ2) is 10.6. The van der Waals surface area contributed by atoms with Crippen LogP contribution in [0.2, 0.25) is 5.02 Å². The molecule has 1 N–H and O–H groups in total. The Hall–Kier alpha value is -2.53. The molecular weight excluding hydrogens is 366 g/mol. The first-order valence-electron chi connectivity index (χ1n) is 8.93. The molecule has 27 heavy (non-hydrogen) atoms. The van der Waals surface area contributed by atoms with E-state index in [1.165, 1.54) is 7.11 Å². The van der Waals surface area contributed by atoms with E-state index in [9.17, 15) is 9.59 Å². The zero-order chi connectivity index (χ0) is 19.6. The van der Waals surface area contributed by atoms with E-state index in [4.69, 9.17) is 21.1 Å². The molecule has 6 heteroatoms. The van der Waals surface area contributed by atoms with Gasteiger partial charge in [0.1, 0.15) is 11.5 Å². The minimum absolute atomic E-state index is 0.0702. The van der Waals surface area contributed by atoms with Gasteiger partial charge in [0.25, 0.3) is 0 Å². The van der Waals surface area contributed by atoms with Crippen LogP contribution < -0.4 is 14.8 Å². The molecule has 0 unspecified atom stereocenters. The minimum atomic E-state index is -0.232. The highest BCUT2D eigenvalue weighted by molar-refractivity contribution is 6.31. The van der Waals surface area contributed by atoms with Gasteiger partial charge in [0.15, 0.2) is 5.78 Å². The van der Waals surface area contributed by atoms with Crippen LogP contribution in [0.25, 0.3) is 0 Å². The fourth-order valence-electron chi connectivity index (χ4n) is 2.45. The van der Waals surface area contributed by atoms with Gasteiger partial charge in [-0.25, -0.2) is 0 Å². The fourth-order valence-corrected chi connectivity index (χ4v) is 2.62. The van der Waals surface area contributed by atoms with Gasteiger partial charge in [0.2, 0.25) is 5.91 Å². The molecule has 0 atom stereocenters. The van der Waals surface area contributed by atoms with Crippen molar-refractivity contribution < 1.29 is 19.1 Å². The number of rotatable bonds is 10. The predicted octanol–water partition coefficient (Wildman–Crippen LogP) is 5.13. The van der Waals surface area contributed by atoms with E-state index in [2.05, 4.69) is 12.2 Å². The second-order valence-electron chi connectivity index (χ2n) is 6.04. The maximum Gasteiger partial charge on any atom is 0.224 e. The number of amides is 1. The molecule has 0 saturated carbocycles. The molecule has 0 bridgehead atoms. The van der Waals surface area contributed by atoms with Crippen molar-refractivity contribution in [2.45, 2.75) is 32.6 Å². The van der Waals surface area contributed by atoms with Gasteiger partial charge in [0.05, 0.1) is 19.3 Å². The number of carbonyl (C=O) groups is 2. The van der Waals surface area contributed by atoms with Gasteiger partial charge in [0, 0.05) is 23.6 Å². The molecule has 144 valence electrons. The normalized spacial score (nSPS) is 10.3. The van der Waals surface area contributed by atoms with Crippen LogP contribution in [-0.2, 0) is 4.79 Å². The SMILES string of the molecule is CCCCOc1ccc(NC(=O)CCC(=O)c2cc(Cl)ccc2OC)cc1. The summed E-state index contributed by atoms with van der Waals surface area (Å²) in [6, 6.07) is 12.0. The molecule has 0 aliphatic carbocycles. The molecule has 0 aliphatic heterocycles. The van der Waals surface area contributed by atoms with E-state index in [-0.39, 0.29) is 24.5 Å². The van der Waals surface area contributed by atoms with Gasteiger partial charge in [-0.1, -0.05) is 24.9 Å². The van der Waals surface area contributed by atoms with E-state index in [1.807, 2.05) is 12.1 Å². The van der Waals surface area contributed by atoms with E-state index in [0.717, 1.165) is 18.6 Å². The number of ketones is 1. The minimum Gasteiger partial charge on any atom is -0.496 e. The third-order valence-corrected chi connectivity index (χ3v) is 4.18. The van der Waals surface area contributed by atoms with Crippen molar-refractivity contribution in [3.8, 4) is 11.5 Å². The van der Waals surface area contributed by atoms with Crippen LogP contribution in [-0.4, -0.2) is 25.4 Å². The lowest BCUT2D eigenvalue weighted by Crippen LogP contribution is -2.13. The highest BCUT2D eigenvalue weighted by Gasteiger charge is 2.14. The van der Waals surface area contributed by atoms with Crippen LogP contribution in [0.3, 0.4) is 0 Å². The number of Topliss-reactive ketones (excluding diaryl/α,β-unsaturated/α-hetero) is 1. The maximum absolute atomic E-state index is 12.4. The third-order valence-electron chi connectivity index (χ3n) is 3.95. The predicted molar refractivity (Wildman–Crippen MR) is 107 cm³/mol. The monoisotopic (exact) mass is 389 g/mol. The van der Waals surface area contributed by atoms with Crippen LogP contribution in [0.4, 0.5) is 5.69 Å². The molecule has 0 radical (unpaired) electrons. The summed E-state index contributed by atoms with van der Waals surface area (Å²) in [6.45, 7) is 2.78. The third kappa shape index (κ3) is 6.61. The number of unbranched alkanes of at least 4 members (excludes halogenated alkanes) is 1. The lowest BCUT2D eigenvalue weighted by molar-refractivity contribution is -0.116. The molecule has 2 aromatic carbocycles. The Balaban J connectivity index is 1.85. The Kier molecular flexibility index (Phi) is 8.14. The quantitative estimate of drug-likeness (QED) is 0.452. The number of benzene rings is 2. The summed E-state index contributed by atoms with van der Waals surface area (Å²) >= 11 is 5.94. The van der Waals surface area contributed by atoms with Crippen molar-refractivity contribution in [1.82, 2.24) is 0 Å². The number of hydrogen-bond donors (Lipinski definition) is 1. The molecule has 1 amide bonds. The molecule has 2 rings (SSSR count). The first-order valence-corrected chi connectivity index (χ1v) is 9.30. The van der Waals surface area contributed by atoms with Crippen LogP contribution >= 0.6 is 11.6 Å². The van der Waals surface area contributed by atoms with Crippen LogP contribution in [0, 0.1) is 0 Å². The molecule has 0 aromatic heterocycles. The highest BCUT2D eigenvalue weighted by atomic mass is 35.5. The van der Waals surface area contributed by atoms with Gasteiger partial charge in [-0.05, 0) is 48.9 Å². The number of ether oxygens (including phenoxy) is 2. The largest absolute Gasteiger partial charge is 0.496 e. The zero-order valence-electron chi connectivity index (χ0n) is 15.6. The Morgan fingerprint density at radius 3 is 2.48 bits per heavy atom. The molecule has 0 spiro atoms. The van der Waals surface area contributed by atoms with Gasteiger partial charge in [-0.3, -0.25) is 9.59 Å². The molecule has 2 aromatic rings. The average molecular weight is 390 g/mol. The Labute approximate surface area is 164 Å². The molecule has 0 saturated heterocycles. The summed E-state index contributed by atoms with van der Waals surface area (Å²) in [5.41, 5.74) is 1.04.